The smallest absolute Gasteiger partial charge is 0.259 e. The summed E-state index contributed by atoms with van der Waals surface area (Å²) in [5.41, 5.74) is 3.28. The largest absolute Gasteiger partial charge is 0.337 e. The van der Waals surface area contributed by atoms with Gasteiger partial charge in [0.05, 0.1) is 22.3 Å². The number of fused-ring (bicyclic) bond motifs is 1. The van der Waals surface area contributed by atoms with E-state index in [0.29, 0.717) is 39.5 Å². The van der Waals surface area contributed by atoms with E-state index in [0.717, 1.165) is 5.56 Å². The van der Waals surface area contributed by atoms with Crippen LogP contribution in [0.1, 0.15) is 21.6 Å². The molecule has 0 fully saturated rings. The van der Waals surface area contributed by atoms with Gasteiger partial charge in [-0.3, -0.25) is 4.79 Å². The van der Waals surface area contributed by atoms with Gasteiger partial charge in [0, 0.05) is 24.2 Å². The Bertz CT molecular complexity index is 1200. The fraction of sp³-hybridized carbons (Fsp3) is 0.136. The van der Waals surface area contributed by atoms with Crippen molar-refractivity contribution in [3.8, 4) is 11.3 Å². The molecule has 0 N–H and O–H groups in total. The zero-order chi connectivity index (χ0) is 20.5. The van der Waals surface area contributed by atoms with Gasteiger partial charge in [0.15, 0.2) is 0 Å². The van der Waals surface area contributed by atoms with Crippen LogP contribution < -0.4 is 0 Å². The Morgan fingerprint density at radius 2 is 1.90 bits per heavy atom. The van der Waals surface area contributed by atoms with Crippen molar-refractivity contribution < 1.29 is 13.7 Å². The van der Waals surface area contributed by atoms with Crippen molar-refractivity contribution in [3.05, 3.63) is 82.3 Å². The molecule has 0 bridgehead atoms. The SMILES string of the molecule is Cc1noc2nc(-c3ccc(F)cc3)cc(C(=O)N(C)Cc3ccccc3Cl)c12. The topological polar surface area (TPSA) is 59.2 Å². The molecule has 0 aliphatic rings. The Balaban J connectivity index is 1.77. The van der Waals surface area contributed by atoms with E-state index in [1.54, 1.807) is 43.1 Å². The van der Waals surface area contributed by atoms with Gasteiger partial charge in [-0.15, -0.1) is 0 Å². The summed E-state index contributed by atoms with van der Waals surface area (Å²) in [5, 5.41) is 5.12. The summed E-state index contributed by atoms with van der Waals surface area (Å²) in [7, 11) is 1.71. The van der Waals surface area contributed by atoms with E-state index in [1.807, 2.05) is 18.2 Å². The molecule has 0 radical (unpaired) electrons. The number of aryl methyl sites for hydroxylation is 1. The average molecular weight is 410 g/mol. The van der Waals surface area contributed by atoms with E-state index < -0.39 is 0 Å². The van der Waals surface area contributed by atoms with Crippen LogP contribution in [0.2, 0.25) is 5.02 Å². The molecule has 2 aromatic carbocycles. The van der Waals surface area contributed by atoms with Crippen LogP contribution in [0.25, 0.3) is 22.4 Å². The molecule has 146 valence electrons. The van der Waals surface area contributed by atoms with Gasteiger partial charge < -0.3 is 9.42 Å². The lowest BCUT2D eigenvalue weighted by Crippen LogP contribution is -2.26. The van der Waals surface area contributed by atoms with Crippen LogP contribution in [0.15, 0.2) is 59.1 Å². The maximum absolute atomic E-state index is 13.3. The number of halogens is 2. The number of nitrogens with zero attached hydrogens (tertiary/aromatic N) is 3. The molecule has 0 aliphatic heterocycles. The minimum absolute atomic E-state index is 0.216. The lowest BCUT2D eigenvalue weighted by molar-refractivity contribution is 0.0787. The van der Waals surface area contributed by atoms with Gasteiger partial charge in [0.25, 0.3) is 11.6 Å². The molecule has 0 atom stereocenters. The van der Waals surface area contributed by atoms with Crippen molar-refractivity contribution in [3.63, 3.8) is 0 Å². The number of benzene rings is 2. The van der Waals surface area contributed by atoms with Crippen molar-refractivity contribution in [2.24, 2.45) is 0 Å². The highest BCUT2D eigenvalue weighted by atomic mass is 35.5. The summed E-state index contributed by atoms with van der Waals surface area (Å²) < 4.78 is 18.6. The third-order valence-corrected chi connectivity index (χ3v) is 5.07. The van der Waals surface area contributed by atoms with E-state index in [9.17, 15) is 9.18 Å². The van der Waals surface area contributed by atoms with E-state index in [4.69, 9.17) is 16.1 Å². The van der Waals surface area contributed by atoms with Crippen LogP contribution >= 0.6 is 11.6 Å². The normalized spacial score (nSPS) is 11.0. The van der Waals surface area contributed by atoms with E-state index in [1.165, 1.54) is 12.1 Å². The first kappa shape index (κ1) is 19.1. The Morgan fingerprint density at radius 3 is 2.62 bits per heavy atom. The number of carbonyl (C=O) groups is 1. The molecule has 0 unspecified atom stereocenters. The molecular weight excluding hydrogens is 393 g/mol. The van der Waals surface area contributed by atoms with Crippen LogP contribution in [0.4, 0.5) is 4.39 Å². The van der Waals surface area contributed by atoms with Crippen LogP contribution in [-0.2, 0) is 6.54 Å². The maximum atomic E-state index is 13.3. The number of aromatic nitrogens is 2. The number of amides is 1. The average Bonchev–Trinajstić information content (AvgIpc) is 3.10. The van der Waals surface area contributed by atoms with Crippen molar-refractivity contribution in [1.82, 2.24) is 15.0 Å². The molecule has 4 rings (SSSR count). The van der Waals surface area contributed by atoms with Gasteiger partial charge in [-0.2, -0.15) is 0 Å². The standard InChI is InChI=1S/C22H17ClFN3O2/c1-13-20-17(22(28)27(2)12-15-5-3-4-6-18(15)23)11-19(25-21(20)29-26-13)14-7-9-16(24)10-8-14/h3-11H,12H2,1-2H3. The van der Waals surface area contributed by atoms with Gasteiger partial charge >= 0.3 is 0 Å². The zero-order valence-electron chi connectivity index (χ0n) is 15.8. The van der Waals surface area contributed by atoms with Crippen molar-refractivity contribution in [2.45, 2.75) is 13.5 Å². The van der Waals surface area contributed by atoms with Crippen LogP contribution in [-0.4, -0.2) is 28.0 Å². The minimum Gasteiger partial charge on any atom is -0.337 e. The lowest BCUT2D eigenvalue weighted by atomic mass is 10.0. The molecule has 5 nitrogen and oxygen atoms in total. The Kier molecular flexibility index (Phi) is 5.03. The van der Waals surface area contributed by atoms with Gasteiger partial charge in [0.1, 0.15) is 5.82 Å². The first-order chi connectivity index (χ1) is 13.9. The van der Waals surface area contributed by atoms with E-state index >= 15 is 0 Å². The molecule has 0 saturated heterocycles. The minimum atomic E-state index is -0.346. The molecule has 29 heavy (non-hydrogen) atoms. The summed E-state index contributed by atoms with van der Waals surface area (Å²) in [4.78, 5) is 19.3. The van der Waals surface area contributed by atoms with E-state index in [-0.39, 0.29) is 17.4 Å². The molecule has 0 spiro atoms. The van der Waals surface area contributed by atoms with Gasteiger partial charge in [-0.1, -0.05) is 35.0 Å². The van der Waals surface area contributed by atoms with E-state index in [2.05, 4.69) is 10.1 Å². The van der Waals surface area contributed by atoms with Crippen LogP contribution in [0.5, 0.6) is 0 Å². The molecule has 0 saturated carbocycles. The predicted molar refractivity (Wildman–Crippen MR) is 109 cm³/mol. The molecule has 4 aromatic rings. The summed E-state index contributed by atoms with van der Waals surface area (Å²) >= 11 is 6.24. The summed E-state index contributed by atoms with van der Waals surface area (Å²) in [6, 6.07) is 15.0. The van der Waals surface area contributed by atoms with Crippen molar-refractivity contribution in [2.75, 3.05) is 7.05 Å². The first-order valence-electron chi connectivity index (χ1n) is 8.96. The Morgan fingerprint density at radius 1 is 1.17 bits per heavy atom. The third kappa shape index (κ3) is 3.71. The summed E-state index contributed by atoms with van der Waals surface area (Å²) in [6.07, 6.45) is 0. The number of carbonyl (C=O) groups excluding carboxylic acids is 1. The van der Waals surface area contributed by atoms with Gasteiger partial charge in [-0.05, 0) is 48.9 Å². The molecule has 0 aliphatic carbocycles. The second-order valence-corrected chi connectivity index (χ2v) is 7.17. The highest BCUT2D eigenvalue weighted by Gasteiger charge is 2.22. The monoisotopic (exact) mass is 409 g/mol. The quantitative estimate of drug-likeness (QED) is 0.461. The number of pyridine rings is 1. The van der Waals surface area contributed by atoms with Gasteiger partial charge in [0.2, 0.25) is 0 Å². The molecular formula is C22H17ClFN3O2. The van der Waals surface area contributed by atoms with Crippen molar-refractivity contribution >= 4 is 28.6 Å². The number of hydrogen-bond acceptors (Lipinski definition) is 4. The maximum Gasteiger partial charge on any atom is 0.259 e. The zero-order valence-corrected chi connectivity index (χ0v) is 16.6. The fourth-order valence-corrected chi connectivity index (χ4v) is 3.39. The highest BCUT2D eigenvalue weighted by Crippen LogP contribution is 2.28. The lowest BCUT2D eigenvalue weighted by Gasteiger charge is -2.19. The fourth-order valence-electron chi connectivity index (χ4n) is 3.19. The van der Waals surface area contributed by atoms with Crippen LogP contribution in [0.3, 0.4) is 0 Å². The Hall–Kier alpha value is -3.25. The first-order valence-corrected chi connectivity index (χ1v) is 9.33. The number of hydrogen-bond donors (Lipinski definition) is 0. The van der Waals surface area contributed by atoms with Crippen LogP contribution in [0, 0.1) is 12.7 Å². The highest BCUT2D eigenvalue weighted by molar-refractivity contribution is 6.31. The predicted octanol–water partition coefficient (Wildman–Crippen LogP) is 5.26. The molecule has 1 amide bonds. The number of rotatable bonds is 4. The Labute approximate surface area is 171 Å². The summed E-state index contributed by atoms with van der Waals surface area (Å²) in [5.74, 6) is -0.562. The second-order valence-electron chi connectivity index (χ2n) is 6.76. The molecule has 2 heterocycles. The van der Waals surface area contributed by atoms with Gasteiger partial charge in [-0.25, -0.2) is 9.37 Å². The third-order valence-electron chi connectivity index (χ3n) is 4.70. The summed E-state index contributed by atoms with van der Waals surface area (Å²) in [6.45, 7) is 2.11. The second kappa shape index (κ2) is 7.64. The molecule has 7 heteroatoms. The van der Waals surface area contributed by atoms with Crippen molar-refractivity contribution in [1.29, 1.82) is 0 Å². The molecule has 2 aromatic heterocycles.